The van der Waals surface area contributed by atoms with Crippen LogP contribution in [0.15, 0.2) is 46.3 Å². The van der Waals surface area contributed by atoms with Gasteiger partial charge in [0.1, 0.15) is 10.8 Å². The normalized spacial score (nSPS) is 17.5. The minimum Gasteiger partial charge on any atom is -0.497 e. The lowest BCUT2D eigenvalue weighted by Crippen LogP contribution is -2.39. The van der Waals surface area contributed by atoms with Gasteiger partial charge in [0, 0.05) is 18.0 Å². The molecule has 1 aliphatic heterocycles. The molecule has 24 heavy (non-hydrogen) atoms. The highest BCUT2D eigenvalue weighted by molar-refractivity contribution is 7.99. The third-order valence-corrected chi connectivity index (χ3v) is 4.90. The van der Waals surface area contributed by atoms with Gasteiger partial charge < -0.3 is 14.7 Å². The number of methoxy groups -OCH3 is 1. The van der Waals surface area contributed by atoms with Crippen molar-refractivity contribution in [2.24, 2.45) is 5.92 Å². The van der Waals surface area contributed by atoms with Gasteiger partial charge in [0.2, 0.25) is 0 Å². The second-order valence-corrected chi connectivity index (χ2v) is 6.73. The lowest BCUT2D eigenvalue weighted by Gasteiger charge is -2.31. The number of anilines is 1. The first-order valence-corrected chi connectivity index (χ1v) is 8.61. The Bertz CT molecular complexity index is 708. The van der Waals surface area contributed by atoms with Crippen molar-refractivity contribution in [3.63, 3.8) is 0 Å². The van der Waals surface area contributed by atoms with Gasteiger partial charge in [0.05, 0.1) is 13.0 Å². The predicted octanol–water partition coefficient (Wildman–Crippen LogP) is 2.94. The monoisotopic (exact) mass is 345 g/mol. The molecule has 3 rings (SSSR count). The molecule has 0 spiro atoms. The van der Waals surface area contributed by atoms with E-state index in [0.717, 1.165) is 40.9 Å². The topological polar surface area (TPSA) is 75.5 Å². The van der Waals surface area contributed by atoms with Gasteiger partial charge >= 0.3 is 5.97 Å². The molecule has 1 unspecified atom stereocenters. The number of hydrogen-bond donors (Lipinski definition) is 1. The van der Waals surface area contributed by atoms with Crippen molar-refractivity contribution < 1.29 is 14.6 Å². The molecule has 1 N–H and O–H groups in total. The van der Waals surface area contributed by atoms with Gasteiger partial charge in [-0.3, -0.25) is 4.79 Å². The first-order valence-electron chi connectivity index (χ1n) is 7.79. The molecule has 1 saturated heterocycles. The summed E-state index contributed by atoms with van der Waals surface area (Å²) in [6.07, 6.45) is 1.59. The summed E-state index contributed by atoms with van der Waals surface area (Å²) in [5.74, 6) is 0.470. The van der Waals surface area contributed by atoms with E-state index in [-0.39, 0.29) is 5.92 Å². The van der Waals surface area contributed by atoms with Crippen LogP contribution in [0.4, 0.5) is 5.82 Å². The van der Waals surface area contributed by atoms with E-state index >= 15 is 0 Å². The fraction of sp³-hybridized carbons (Fsp3) is 0.353. The molecule has 2 aromatic rings. The molecular weight excluding hydrogens is 326 g/mol. The molecule has 1 aliphatic rings. The van der Waals surface area contributed by atoms with Crippen LogP contribution in [0.25, 0.3) is 0 Å². The smallest absolute Gasteiger partial charge is 0.308 e. The molecule has 1 aromatic carbocycles. The maximum Gasteiger partial charge on any atom is 0.308 e. The van der Waals surface area contributed by atoms with Gasteiger partial charge in [0.15, 0.2) is 5.82 Å². The number of nitrogens with zero attached hydrogens (tertiary/aromatic N) is 3. The van der Waals surface area contributed by atoms with Crippen LogP contribution >= 0.6 is 11.8 Å². The summed E-state index contributed by atoms with van der Waals surface area (Å²) >= 11 is 1.51. The Labute approximate surface area is 144 Å². The van der Waals surface area contributed by atoms with Crippen molar-refractivity contribution in [3.8, 4) is 5.75 Å². The van der Waals surface area contributed by atoms with Gasteiger partial charge in [-0.05, 0) is 43.2 Å². The summed E-state index contributed by atoms with van der Waals surface area (Å²) in [6, 6.07) is 11.6. The lowest BCUT2D eigenvalue weighted by molar-refractivity contribution is -0.141. The van der Waals surface area contributed by atoms with Crippen LogP contribution in [-0.2, 0) is 4.79 Å². The number of carboxylic acids is 1. The highest BCUT2D eigenvalue weighted by atomic mass is 32.2. The average Bonchev–Trinajstić information content (AvgIpc) is 2.62. The number of hydrogen-bond acceptors (Lipinski definition) is 6. The van der Waals surface area contributed by atoms with Crippen LogP contribution < -0.4 is 9.64 Å². The third kappa shape index (κ3) is 3.97. The molecule has 0 saturated carbocycles. The largest absolute Gasteiger partial charge is 0.497 e. The Morgan fingerprint density at radius 1 is 1.33 bits per heavy atom. The number of piperidine rings is 1. The van der Waals surface area contributed by atoms with Crippen LogP contribution in [0.5, 0.6) is 5.75 Å². The third-order valence-electron chi connectivity index (χ3n) is 3.98. The second-order valence-electron chi connectivity index (χ2n) is 5.63. The molecule has 0 radical (unpaired) electrons. The number of ether oxygens (including phenoxy) is 1. The van der Waals surface area contributed by atoms with Crippen molar-refractivity contribution in [2.75, 3.05) is 25.1 Å². The van der Waals surface area contributed by atoms with Crippen LogP contribution in [0.2, 0.25) is 0 Å². The zero-order chi connectivity index (χ0) is 16.9. The fourth-order valence-corrected chi connectivity index (χ4v) is 3.49. The maximum atomic E-state index is 11.2. The molecule has 126 valence electrons. The molecule has 1 fully saturated rings. The van der Waals surface area contributed by atoms with E-state index in [9.17, 15) is 9.90 Å². The van der Waals surface area contributed by atoms with Crippen molar-refractivity contribution in [2.45, 2.75) is 22.8 Å². The molecule has 0 amide bonds. The van der Waals surface area contributed by atoms with E-state index in [1.165, 1.54) is 11.8 Å². The zero-order valence-corrected chi connectivity index (χ0v) is 14.2. The Balaban J connectivity index is 1.67. The Kier molecular flexibility index (Phi) is 5.20. The van der Waals surface area contributed by atoms with E-state index in [0.29, 0.717) is 6.54 Å². The molecule has 0 aliphatic carbocycles. The minimum absolute atomic E-state index is 0.327. The molecule has 1 aromatic heterocycles. The summed E-state index contributed by atoms with van der Waals surface area (Å²) < 4.78 is 5.22. The van der Waals surface area contributed by atoms with E-state index in [2.05, 4.69) is 10.2 Å². The number of benzene rings is 1. The summed E-state index contributed by atoms with van der Waals surface area (Å²) in [5, 5.41) is 18.5. The number of carbonyl (C=O) groups is 1. The zero-order valence-electron chi connectivity index (χ0n) is 13.4. The van der Waals surface area contributed by atoms with Crippen molar-refractivity contribution in [1.29, 1.82) is 0 Å². The lowest BCUT2D eigenvalue weighted by atomic mass is 9.98. The predicted molar refractivity (Wildman–Crippen MR) is 91.7 cm³/mol. The summed E-state index contributed by atoms with van der Waals surface area (Å²) in [7, 11) is 1.64. The molecular formula is C17H19N3O3S. The van der Waals surface area contributed by atoms with E-state index in [1.54, 1.807) is 7.11 Å². The molecule has 2 heterocycles. The van der Waals surface area contributed by atoms with Crippen LogP contribution in [0.3, 0.4) is 0 Å². The molecule has 7 heteroatoms. The van der Waals surface area contributed by atoms with E-state index in [4.69, 9.17) is 4.74 Å². The van der Waals surface area contributed by atoms with E-state index < -0.39 is 5.97 Å². The molecule has 6 nitrogen and oxygen atoms in total. The Morgan fingerprint density at radius 2 is 2.21 bits per heavy atom. The molecule has 1 atom stereocenters. The highest BCUT2D eigenvalue weighted by Gasteiger charge is 2.26. The first-order chi connectivity index (χ1) is 11.7. The first kappa shape index (κ1) is 16.6. The maximum absolute atomic E-state index is 11.2. The minimum atomic E-state index is -0.738. The quantitative estimate of drug-likeness (QED) is 0.893. The number of rotatable bonds is 5. The fourth-order valence-electron chi connectivity index (χ4n) is 2.71. The van der Waals surface area contributed by atoms with Gasteiger partial charge in [-0.25, -0.2) is 0 Å². The number of aromatic nitrogens is 2. The van der Waals surface area contributed by atoms with Gasteiger partial charge in [0.25, 0.3) is 0 Å². The van der Waals surface area contributed by atoms with Crippen LogP contribution in [0.1, 0.15) is 12.8 Å². The Hall–Kier alpha value is -2.28. The van der Waals surface area contributed by atoms with Gasteiger partial charge in [-0.2, -0.15) is 0 Å². The highest BCUT2D eigenvalue weighted by Crippen LogP contribution is 2.29. The van der Waals surface area contributed by atoms with Crippen LogP contribution in [0, 0.1) is 5.92 Å². The van der Waals surface area contributed by atoms with Crippen molar-refractivity contribution in [3.05, 3.63) is 36.4 Å². The van der Waals surface area contributed by atoms with E-state index in [1.807, 2.05) is 41.3 Å². The number of aliphatic carboxylic acids is 1. The van der Waals surface area contributed by atoms with Crippen LogP contribution in [-0.4, -0.2) is 41.5 Å². The van der Waals surface area contributed by atoms with Gasteiger partial charge in [-0.1, -0.05) is 17.8 Å². The SMILES string of the molecule is COc1cccc(Sc2ccc(N3CCCC(C(=O)O)C3)nn2)c1. The summed E-state index contributed by atoms with van der Waals surface area (Å²) in [4.78, 5) is 14.2. The molecule has 0 bridgehead atoms. The second kappa shape index (κ2) is 7.53. The van der Waals surface area contributed by atoms with Crippen molar-refractivity contribution >= 4 is 23.5 Å². The summed E-state index contributed by atoms with van der Waals surface area (Å²) in [5.41, 5.74) is 0. The van der Waals surface area contributed by atoms with Gasteiger partial charge in [-0.15, -0.1) is 10.2 Å². The summed E-state index contributed by atoms with van der Waals surface area (Å²) in [6.45, 7) is 1.31. The number of carboxylic acid groups (broad SMARTS) is 1. The van der Waals surface area contributed by atoms with Crippen molar-refractivity contribution in [1.82, 2.24) is 10.2 Å². The average molecular weight is 345 g/mol. The Morgan fingerprint density at radius 3 is 2.92 bits per heavy atom. The standard InChI is InChI=1S/C17H19N3O3S/c1-23-13-5-2-6-14(10-13)24-16-8-7-15(18-19-16)20-9-3-4-12(11-20)17(21)22/h2,5-8,10,12H,3-4,9,11H2,1H3,(H,21,22).